The number of nitrogens with one attached hydrogen (secondary N) is 1. The third-order valence-electron chi connectivity index (χ3n) is 4.25. The minimum atomic E-state index is -0.149. The van der Waals surface area contributed by atoms with Crippen molar-refractivity contribution < 1.29 is 9.53 Å². The first-order valence-electron chi connectivity index (χ1n) is 9.54. The minimum absolute atomic E-state index is 0.120. The van der Waals surface area contributed by atoms with E-state index in [-0.39, 0.29) is 12.0 Å². The monoisotopic (exact) mass is 366 g/mol. The molecule has 0 heterocycles. The molecule has 0 atom stereocenters. The number of carbonyl (C=O) groups is 1. The molecule has 0 saturated heterocycles. The summed E-state index contributed by atoms with van der Waals surface area (Å²) < 4.78 is 5.68. The van der Waals surface area contributed by atoms with Gasteiger partial charge in [-0.25, -0.2) is 0 Å². The van der Waals surface area contributed by atoms with Gasteiger partial charge in [-0.15, -0.1) is 0 Å². The summed E-state index contributed by atoms with van der Waals surface area (Å²) in [5.41, 5.74) is 3.98. The lowest BCUT2D eigenvalue weighted by Gasteiger charge is -2.22. The molecular formula is C23H30N2O2. The highest BCUT2D eigenvalue weighted by atomic mass is 16.5. The summed E-state index contributed by atoms with van der Waals surface area (Å²) in [6, 6.07) is 13.8. The first-order chi connectivity index (χ1) is 12.9. The summed E-state index contributed by atoms with van der Waals surface area (Å²) in [4.78, 5) is 14.6. The third-order valence-corrected chi connectivity index (χ3v) is 4.25. The quantitative estimate of drug-likeness (QED) is 0.646. The Bertz CT molecular complexity index is 793. The van der Waals surface area contributed by atoms with Crippen LogP contribution in [0.2, 0.25) is 0 Å². The van der Waals surface area contributed by atoms with Crippen molar-refractivity contribution in [2.24, 2.45) is 0 Å². The maximum absolute atomic E-state index is 12.3. The second kappa shape index (κ2) is 9.81. The molecule has 4 heteroatoms. The van der Waals surface area contributed by atoms with Crippen LogP contribution in [0.15, 0.2) is 48.5 Å². The molecule has 0 saturated carbocycles. The lowest BCUT2D eigenvalue weighted by molar-refractivity contribution is -0.111. The van der Waals surface area contributed by atoms with Gasteiger partial charge in [0.05, 0.1) is 6.10 Å². The van der Waals surface area contributed by atoms with Crippen molar-refractivity contribution in [3.05, 3.63) is 59.7 Å². The Morgan fingerprint density at radius 2 is 1.89 bits per heavy atom. The Morgan fingerprint density at radius 1 is 1.15 bits per heavy atom. The number of amides is 1. The van der Waals surface area contributed by atoms with Gasteiger partial charge in [0.2, 0.25) is 5.91 Å². The van der Waals surface area contributed by atoms with E-state index in [0.717, 1.165) is 35.7 Å². The molecule has 0 spiro atoms. The van der Waals surface area contributed by atoms with E-state index >= 15 is 0 Å². The van der Waals surface area contributed by atoms with Crippen molar-refractivity contribution in [3.63, 3.8) is 0 Å². The van der Waals surface area contributed by atoms with Gasteiger partial charge in [0.15, 0.2) is 0 Å². The number of anilines is 2. The molecule has 0 aliphatic heterocycles. The van der Waals surface area contributed by atoms with Gasteiger partial charge in [0.1, 0.15) is 5.75 Å². The van der Waals surface area contributed by atoms with Crippen LogP contribution in [0.3, 0.4) is 0 Å². The summed E-state index contributed by atoms with van der Waals surface area (Å²) in [7, 11) is 0. The Hall–Kier alpha value is -2.75. The van der Waals surface area contributed by atoms with Crippen LogP contribution in [0.25, 0.3) is 6.08 Å². The second-order valence-corrected chi connectivity index (χ2v) is 6.73. The molecule has 2 aromatic rings. The van der Waals surface area contributed by atoms with Crippen LogP contribution < -0.4 is 15.0 Å². The van der Waals surface area contributed by atoms with Gasteiger partial charge in [-0.3, -0.25) is 4.79 Å². The van der Waals surface area contributed by atoms with E-state index in [1.54, 1.807) is 12.2 Å². The number of ether oxygens (including phenoxy) is 1. The third kappa shape index (κ3) is 6.17. The fraction of sp³-hybridized carbons (Fsp3) is 0.348. The number of carbonyl (C=O) groups excluding carboxylic acids is 1. The first-order valence-corrected chi connectivity index (χ1v) is 9.54. The van der Waals surface area contributed by atoms with E-state index in [4.69, 9.17) is 4.74 Å². The van der Waals surface area contributed by atoms with Crippen molar-refractivity contribution >= 4 is 23.4 Å². The number of hydrogen-bond donors (Lipinski definition) is 1. The molecule has 0 fully saturated rings. The van der Waals surface area contributed by atoms with Crippen LogP contribution in [0.5, 0.6) is 5.75 Å². The predicted molar refractivity (Wildman–Crippen MR) is 115 cm³/mol. The van der Waals surface area contributed by atoms with Crippen molar-refractivity contribution in [2.45, 2.75) is 40.7 Å². The summed E-state index contributed by atoms with van der Waals surface area (Å²) in [5.74, 6) is 0.652. The highest BCUT2D eigenvalue weighted by Crippen LogP contribution is 2.23. The van der Waals surface area contributed by atoms with Gasteiger partial charge >= 0.3 is 0 Å². The number of benzene rings is 2. The zero-order valence-corrected chi connectivity index (χ0v) is 17.0. The SMILES string of the molecule is CCN(CC)c1ccc(NC(=O)/C=C/c2cccc(OC(C)C)c2)c(C)c1. The number of rotatable bonds is 8. The predicted octanol–water partition coefficient (Wildman–Crippen LogP) is 5.28. The van der Waals surface area contributed by atoms with E-state index in [2.05, 4.69) is 30.1 Å². The number of aryl methyl sites for hydroxylation is 1. The van der Waals surface area contributed by atoms with Gasteiger partial charge in [0.25, 0.3) is 0 Å². The molecular weight excluding hydrogens is 336 g/mol. The lowest BCUT2D eigenvalue weighted by atomic mass is 10.1. The fourth-order valence-electron chi connectivity index (χ4n) is 2.88. The molecule has 0 aliphatic rings. The molecule has 2 rings (SSSR count). The minimum Gasteiger partial charge on any atom is -0.491 e. The van der Waals surface area contributed by atoms with Crippen molar-refractivity contribution in [1.29, 1.82) is 0 Å². The maximum atomic E-state index is 12.3. The molecule has 1 N–H and O–H groups in total. The van der Waals surface area contributed by atoms with Crippen LogP contribution in [0.4, 0.5) is 11.4 Å². The van der Waals surface area contributed by atoms with E-state index in [9.17, 15) is 4.79 Å². The molecule has 0 unspecified atom stereocenters. The highest BCUT2D eigenvalue weighted by molar-refractivity contribution is 6.02. The molecule has 0 bridgehead atoms. The Labute approximate surface area is 162 Å². The van der Waals surface area contributed by atoms with Crippen molar-refractivity contribution in [3.8, 4) is 5.75 Å². The van der Waals surface area contributed by atoms with Crippen LogP contribution in [0, 0.1) is 6.92 Å². The van der Waals surface area contributed by atoms with Crippen molar-refractivity contribution in [1.82, 2.24) is 0 Å². The average Bonchev–Trinajstić information content (AvgIpc) is 2.63. The van der Waals surface area contributed by atoms with Crippen LogP contribution in [0.1, 0.15) is 38.8 Å². The molecule has 144 valence electrons. The van der Waals surface area contributed by atoms with E-state index < -0.39 is 0 Å². The lowest BCUT2D eigenvalue weighted by Crippen LogP contribution is -2.22. The first kappa shape index (κ1) is 20.6. The fourth-order valence-corrected chi connectivity index (χ4v) is 2.88. The molecule has 2 aromatic carbocycles. The Morgan fingerprint density at radius 3 is 2.52 bits per heavy atom. The molecule has 0 radical (unpaired) electrons. The van der Waals surface area contributed by atoms with Gasteiger partial charge < -0.3 is 15.0 Å². The van der Waals surface area contributed by atoms with E-state index in [0.29, 0.717) is 0 Å². The summed E-state index contributed by atoms with van der Waals surface area (Å²) in [6.45, 7) is 12.2. The van der Waals surface area contributed by atoms with E-state index in [1.165, 1.54) is 5.69 Å². The van der Waals surface area contributed by atoms with Crippen LogP contribution in [-0.2, 0) is 4.79 Å². The largest absolute Gasteiger partial charge is 0.491 e. The summed E-state index contributed by atoms with van der Waals surface area (Å²) >= 11 is 0. The summed E-state index contributed by atoms with van der Waals surface area (Å²) in [5, 5.41) is 2.95. The molecule has 27 heavy (non-hydrogen) atoms. The van der Waals surface area contributed by atoms with Crippen LogP contribution >= 0.6 is 0 Å². The normalized spacial score (nSPS) is 11.0. The topological polar surface area (TPSA) is 41.6 Å². The zero-order chi connectivity index (χ0) is 19.8. The second-order valence-electron chi connectivity index (χ2n) is 6.73. The maximum Gasteiger partial charge on any atom is 0.248 e. The smallest absolute Gasteiger partial charge is 0.248 e. The molecule has 4 nitrogen and oxygen atoms in total. The average molecular weight is 367 g/mol. The van der Waals surface area contributed by atoms with Gasteiger partial charge in [-0.05, 0) is 82.2 Å². The highest BCUT2D eigenvalue weighted by Gasteiger charge is 2.06. The van der Waals surface area contributed by atoms with Gasteiger partial charge in [-0.1, -0.05) is 12.1 Å². The molecule has 1 amide bonds. The standard InChI is InChI=1S/C23H30N2O2/c1-6-25(7-2)20-12-13-22(18(5)15-20)24-23(26)14-11-19-9-8-10-21(16-19)27-17(3)4/h8-17H,6-7H2,1-5H3,(H,24,26)/b14-11+. The molecule has 0 aromatic heterocycles. The molecule has 0 aliphatic carbocycles. The Kier molecular flexibility index (Phi) is 7.47. The van der Waals surface area contributed by atoms with E-state index in [1.807, 2.05) is 57.2 Å². The van der Waals surface area contributed by atoms with Gasteiger partial charge in [-0.2, -0.15) is 0 Å². The Balaban J connectivity index is 2.04. The van der Waals surface area contributed by atoms with Crippen LogP contribution in [-0.4, -0.2) is 25.1 Å². The summed E-state index contributed by atoms with van der Waals surface area (Å²) in [6.07, 6.45) is 3.46. The van der Waals surface area contributed by atoms with Crippen molar-refractivity contribution in [2.75, 3.05) is 23.3 Å². The number of nitrogens with zero attached hydrogens (tertiary/aromatic N) is 1. The number of hydrogen-bond acceptors (Lipinski definition) is 3. The zero-order valence-electron chi connectivity index (χ0n) is 17.0. The van der Waals surface area contributed by atoms with Gasteiger partial charge in [0, 0.05) is 30.5 Å².